The number of carbonyl (C=O) groups excluding carboxylic acids is 2. The molecule has 1 aliphatic rings. The second-order valence-corrected chi connectivity index (χ2v) is 7.62. The minimum absolute atomic E-state index is 0.00948. The number of para-hydroxylation sites is 3. The van der Waals surface area contributed by atoms with Gasteiger partial charge in [-0.2, -0.15) is 0 Å². The number of anilines is 2. The highest BCUT2D eigenvalue weighted by molar-refractivity contribution is 6.17. The fourth-order valence-corrected chi connectivity index (χ4v) is 3.29. The molecule has 2 aromatic carbocycles. The molecule has 2 N–H and O–H groups in total. The monoisotopic (exact) mass is 380 g/mol. The molecular weight excluding hydrogens is 352 g/mol. The van der Waals surface area contributed by atoms with E-state index in [0.717, 1.165) is 23.2 Å². The molecule has 1 fully saturated rings. The van der Waals surface area contributed by atoms with Gasteiger partial charge in [-0.1, -0.05) is 37.3 Å². The van der Waals surface area contributed by atoms with Crippen LogP contribution in [0.15, 0.2) is 42.5 Å². The lowest BCUT2D eigenvalue weighted by Crippen LogP contribution is -2.36. The van der Waals surface area contributed by atoms with Crippen molar-refractivity contribution >= 4 is 23.2 Å². The Labute approximate surface area is 166 Å². The molecule has 0 bridgehead atoms. The van der Waals surface area contributed by atoms with E-state index in [9.17, 15) is 9.59 Å². The molecule has 5 heteroatoms. The predicted octanol–water partition coefficient (Wildman–Crippen LogP) is 4.70. The Kier molecular flexibility index (Phi) is 5.73. The Bertz CT molecular complexity index is 885. The molecular formula is C23H28N2O3. The van der Waals surface area contributed by atoms with Crippen molar-refractivity contribution in [2.24, 2.45) is 5.41 Å². The molecule has 3 rings (SSSR count). The Hall–Kier alpha value is -2.82. The molecule has 2 amide bonds. The third-order valence-corrected chi connectivity index (χ3v) is 5.10. The first kappa shape index (κ1) is 19.9. The van der Waals surface area contributed by atoms with Gasteiger partial charge in [0.25, 0.3) is 0 Å². The lowest BCUT2D eigenvalue weighted by atomic mass is 10.0. The molecule has 2 aromatic rings. The van der Waals surface area contributed by atoms with Crippen LogP contribution in [0.25, 0.3) is 0 Å². The molecule has 0 aliphatic heterocycles. The average Bonchev–Trinajstić information content (AvgIpc) is 3.46. The number of ether oxygens (including phenoxy) is 1. The molecule has 1 saturated carbocycles. The van der Waals surface area contributed by atoms with Gasteiger partial charge in [-0.25, -0.2) is 0 Å². The first-order valence-electron chi connectivity index (χ1n) is 9.84. The standard InChI is InChI=1S/C23H28N2O3/c1-5-17-10-8-9-16(4)20(17)25-22(27)23(13-14-23)21(26)24-18-11-6-7-12-19(18)28-15(2)3/h6-12,15H,5,13-14H2,1-4H3,(H,24,26)(H,25,27). The quantitative estimate of drug-likeness (QED) is 0.684. The van der Waals surface area contributed by atoms with Gasteiger partial charge >= 0.3 is 0 Å². The summed E-state index contributed by atoms with van der Waals surface area (Å²) in [5.74, 6) is 0.0851. The molecule has 0 radical (unpaired) electrons. The molecule has 148 valence electrons. The zero-order chi connectivity index (χ0) is 20.3. The zero-order valence-corrected chi connectivity index (χ0v) is 17.0. The number of amides is 2. The normalized spacial score (nSPS) is 14.5. The van der Waals surface area contributed by atoms with Crippen LogP contribution in [-0.2, 0) is 16.0 Å². The van der Waals surface area contributed by atoms with Crippen molar-refractivity contribution in [2.45, 2.75) is 53.1 Å². The first-order valence-corrected chi connectivity index (χ1v) is 9.84. The topological polar surface area (TPSA) is 67.4 Å². The van der Waals surface area contributed by atoms with E-state index in [1.165, 1.54) is 0 Å². The van der Waals surface area contributed by atoms with Gasteiger partial charge in [0.1, 0.15) is 11.2 Å². The highest BCUT2D eigenvalue weighted by atomic mass is 16.5. The summed E-state index contributed by atoms with van der Waals surface area (Å²) >= 11 is 0. The van der Waals surface area contributed by atoms with Crippen LogP contribution in [0.5, 0.6) is 5.75 Å². The number of carbonyl (C=O) groups is 2. The summed E-state index contributed by atoms with van der Waals surface area (Å²) in [6.45, 7) is 7.88. The number of aryl methyl sites for hydroxylation is 2. The van der Waals surface area contributed by atoms with Crippen molar-refractivity contribution < 1.29 is 14.3 Å². The molecule has 28 heavy (non-hydrogen) atoms. The van der Waals surface area contributed by atoms with E-state index in [4.69, 9.17) is 4.74 Å². The summed E-state index contributed by atoms with van der Waals surface area (Å²) in [6.07, 6.45) is 1.90. The van der Waals surface area contributed by atoms with E-state index < -0.39 is 5.41 Å². The van der Waals surface area contributed by atoms with Crippen LogP contribution >= 0.6 is 0 Å². The van der Waals surface area contributed by atoms with Crippen LogP contribution < -0.4 is 15.4 Å². The molecule has 1 aliphatic carbocycles. The predicted molar refractivity (Wildman–Crippen MR) is 112 cm³/mol. The van der Waals surface area contributed by atoms with Crippen LogP contribution in [0, 0.1) is 12.3 Å². The Balaban J connectivity index is 1.77. The molecule has 5 nitrogen and oxygen atoms in total. The van der Waals surface area contributed by atoms with E-state index in [1.54, 1.807) is 6.07 Å². The van der Waals surface area contributed by atoms with E-state index in [2.05, 4.69) is 17.6 Å². The maximum absolute atomic E-state index is 13.0. The van der Waals surface area contributed by atoms with Gasteiger partial charge in [0, 0.05) is 5.69 Å². The number of hydrogen-bond acceptors (Lipinski definition) is 3. The molecule has 0 heterocycles. The number of nitrogens with one attached hydrogen (secondary N) is 2. The highest BCUT2D eigenvalue weighted by Gasteiger charge is 2.56. The minimum Gasteiger partial charge on any atom is -0.489 e. The van der Waals surface area contributed by atoms with Crippen molar-refractivity contribution in [1.82, 2.24) is 0 Å². The number of hydrogen-bond donors (Lipinski definition) is 2. The molecule has 0 aromatic heterocycles. The summed E-state index contributed by atoms with van der Waals surface area (Å²) in [7, 11) is 0. The van der Waals surface area contributed by atoms with Crippen molar-refractivity contribution in [1.29, 1.82) is 0 Å². The minimum atomic E-state index is -1.02. The van der Waals surface area contributed by atoms with E-state index in [-0.39, 0.29) is 17.9 Å². The van der Waals surface area contributed by atoms with Crippen molar-refractivity contribution in [2.75, 3.05) is 10.6 Å². The maximum Gasteiger partial charge on any atom is 0.240 e. The largest absolute Gasteiger partial charge is 0.489 e. The van der Waals surface area contributed by atoms with Crippen molar-refractivity contribution in [3.63, 3.8) is 0 Å². The maximum atomic E-state index is 13.0. The average molecular weight is 380 g/mol. The van der Waals surface area contributed by atoms with Crippen molar-refractivity contribution in [3.05, 3.63) is 53.6 Å². The second-order valence-electron chi connectivity index (χ2n) is 7.62. The summed E-state index contributed by atoms with van der Waals surface area (Å²) in [6, 6.07) is 13.3. The first-order chi connectivity index (χ1) is 13.4. The summed E-state index contributed by atoms with van der Waals surface area (Å²) < 4.78 is 5.77. The molecule has 0 saturated heterocycles. The summed E-state index contributed by atoms with van der Waals surface area (Å²) in [5, 5.41) is 5.92. The molecule has 0 atom stereocenters. The number of benzene rings is 2. The van der Waals surface area contributed by atoms with Gasteiger partial charge in [0.15, 0.2) is 0 Å². The van der Waals surface area contributed by atoms with Crippen LogP contribution in [-0.4, -0.2) is 17.9 Å². The molecule has 0 spiro atoms. The van der Waals surface area contributed by atoms with Gasteiger partial charge in [-0.15, -0.1) is 0 Å². The summed E-state index contributed by atoms with van der Waals surface area (Å²) in [4.78, 5) is 26.0. The Morgan fingerprint density at radius 1 is 1.04 bits per heavy atom. The fourth-order valence-electron chi connectivity index (χ4n) is 3.29. The van der Waals surface area contributed by atoms with Gasteiger partial charge in [-0.05, 0) is 63.3 Å². The van der Waals surface area contributed by atoms with Crippen LogP contribution in [0.2, 0.25) is 0 Å². The summed E-state index contributed by atoms with van der Waals surface area (Å²) in [5.41, 5.74) is 2.46. The van der Waals surface area contributed by atoms with E-state index in [0.29, 0.717) is 24.3 Å². The van der Waals surface area contributed by atoms with E-state index in [1.807, 2.05) is 57.2 Å². The second kappa shape index (κ2) is 8.05. The molecule has 0 unspecified atom stereocenters. The van der Waals surface area contributed by atoms with Crippen LogP contribution in [0.4, 0.5) is 11.4 Å². The van der Waals surface area contributed by atoms with Gasteiger partial charge in [0.05, 0.1) is 11.8 Å². The van der Waals surface area contributed by atoms with Gasteiger partial charge in [-0.3, -0.25) is 9.59 Å². The number of rotatable bonds is 7. The highest BCUT2D eigenvalue weighted by Crippen LogP contribution is 2.48. The zero-order valence-electron chi connectivity index (χ0n) is 17.0. The SMILES string of the molecule is CCc1cccc(C)c1NC(=O)C1(C(=O)Nc2ccccc2OC(C)C)CC1. The third-order valence-electron chi connectivity index (χ3n) is 5.10. The third kappa shape index (κ3) is 4.03. The van der Waals surface area contributed by atoms with Gasteiger partial charge in [0.2, 0.25) is 11.8 Å². The van der Waals surface area contributed by atoms with Crippen LogP contribution in [0.1, 0.15) is 44.7 Å². The van der Waals surface area contributed by atoms with Crippen molar-refractivity contribution in [3.8, 4) is 5.75 Å². The van der Waals surface area contributed by atoms with Crippen LogP contribution in [0.3, 0.4) is 0 Å². The smallest absolute Gasteiger partial charge is 0.240 e. The Morgan fingerprint density at radius 3 is 2.36 bits per heavy atom. The lowest BCUT2D eigenvalue weighted by Gasteiger charge is -2.20. The lowest BCUT2D eigenvalue weighted by molar-refractivity contribution is -0.131. The fraction of sp³-hybridized carbons (Fsp3) is 0.391. The van der Waals surface area contributed by atoms with E-state index >= 15 is 0 Å². The van der Waals surface area contributed by atoms with Gasteiger partial charge < -0.3 is 15.4 Å². The Morgan fingerprint density at radius 2 is 1.71 bits per heavy atom.